The Morgan fingerprint density at radius 2 is 1.64 bits per heavy atom. The Labute approximate surface area is 169 Å². The van der Waals surface area contributed by atoms with Gasteiger partial charge in [0, 0.05) is 12.2 Å². The third-order valence-corrected chi connectivity index (χ3v) is 5.20. The van der Waals surface area contributed by atoms with Crippen LogP contribution in [0.15, 0.2) is 34.4 Å². The average Bonchev–Trinajstić information content (AvgIpc) is 3.28. The highest BCUT2D eigenvalue weighted by molar-refractivity contribution is 7.10. The van der Waals surface area contributed by atoms with E-state index in [1.807, 2.05) is 10.8 Å². The molecule has 0 unspecified atom stereocenters. The summed E-state index contributed by atoms with van der Waals surface area (Å²) in [5, 5.41) is 14.2. The highest BCUT2D eigenvalue weighted by Crippen LogP contribution is 2.11. The number of rotatable bonds is 7. The van der Waals surface area contributed by atoms with Crippen molar-refractivity contribution in [2.45, 2.75) is 0 Å². The molecule has 0 aromatic carbocycles. The molecule has 0 N–H and O–H groups in total. The van der Waals surface area contributed by atoms with E-state index in [9.17, 15) is 9.59 Å². The van der Waals surface area contributed by atoms with Crippen molar-refractivity contribution in [1.82, 2.24) is 0 Å². The third-order valence-electron chi connectivity index (χ3n) is 3.39. The molecule has 0 fully saturated rings. The van der Waals surface area contributed by atoms with Gasteiger partial charge in [-0.15, -0.1) is 0 Å². The number of hydrogen-bond donors (Lipinski definition) is 0. The Balaban J connectivity index is 1.87. The Hall–Kier alpha value is -3.34. The molecule has 2 heterocycles. The summed E-state index contributed by atoms with van der Waals surface area (Å²) in [7, 11) is 3.59. The van der Waals surface area contributed by atoms with Crippen LogP contribution in [0.1, 0.15) is 10.0 Å². The van der Waals surface area contributed by atoms with E-state index in [0.29, 0.717) is 5.01 Å². The molecule has 0 aliphatic carbocycles. The molecule has 0 aliphatic rings. The first kappa shape index (κ1) is 21.0. The zero-order valence-electron chi connectivity index (χ0n) is 15.1. The predicted octanol–water partition coefficient (Wildman–Crippen LogP) is 1.41. The van der Waals surface area contributed by atoms with Crippen LogP contribution >= 0.6 is 22.7 Å². The lowest BCUT2D eigenvalue weighted by atomic mass is 10.3. The second-order valence-corrected chi connectivity index (χ2v) is 7.14. The molecule has 0 saturated heterocycles. The molecule has 2 rings (SSSR count). The molecule has 0 saturated carbocycles. The van der Waals surface area contributed by atoms with E-state index in [0.717, 1.165) is 5.01 Å². The first-order valence-electron chi connectivity index (χ1n) is 7.87. The molecule has 28 heavy (non-hydrogen) atoms. The van der Waals surface area contributed by atoms with Crippen LogP contribution in [-0.4, -0.2) is 25.2 Å². The van der Waals surface area contributed by atoms with Crippen LogP contribution in [0.4, 0.5) is 0 Å². The maximum Gasteiger partial charge on any atom is 0.349 e. The minimum Gasteiger partial charge on any atom is -0.467 e. The van der Waals surface area contributed by atoms with Gasteiger partial charge in [0.2, 0.25) is 0 Å². The minimum atomic E-state index is -0.807. The molecule has 0 aliphatic heterocycles. The second-order valence-electron chi connectivity index (χ2n) is 5.29. The number of ether oxygens (including phenoxy) is 2. The molecule has 2 aromatic rings. The molecular formula is C18H16N4O4S2+2. The van der Waals surface area contributed by atoms with Crippen LogP contribution in [-0.2, 0) is 33.2 Å². The van der Waals surface area contributed by atoms with Gasteiger partial charge in [0.25, 0.3) is 15.7 Å². The Morgan fingerprint density at radius 3 is 2.11 bits per heavy atom. The first-order chi connectivity index (χ1) is 13.5. The van der Waals surface area contributed by atoms with E-state index >= 15 is 0 Å². The average molecular weight is 416 g/mol. The SMILES string of the molecule is [C-]#[N+]/C(=C\c1scc[n+]1C)C(=O)OCCOC(=O)/C(C#N)=C/c1scc[n+]1C. The van der Waals surface area contributed by atoms with E-state index in [-0.39, 0.29) is 24.5 Å². The van der Waals surface area contributed by atoms with Crippen LogP contribution in [0.2, 0.25) is 0 Å². The normalized spacial score (nSPS) is 11.4. The van der Waals surface area contributed by atoms with Crippen molar-refractivity contribution in [3.8, 4) is 6.07 Å². The van der Waals surface area contributed by atoms with Crippen molar-refractivity contribution in [3.63, 3.8) is 0 Å². The largest absolute Gasteiger partial charge is 0.467 e. The standard InChI is InChI=1S/C18H16N4O4S2/c1-20-14(11-16-22(3)5-9-28-16)18(24)26-7-6-25-17(23)13(12-19)10-15-21(2)4-8-27-15/h4-5,8-11H,6-7H2,2-3H3/q+2/b13-10+,14-11-. The second kappa shape index (κ2) is 10.1. The fourth-order valence-electron chi connectivity index (χ4n) is 1.90. The summed E-state index contributed by atoms with van der Waals surface area (Å²) in [4.78, 5) is 27.1. The highest BCUT2D eigenvalue weighted by Gasteiger charge is 2.17. The van der Waals surface area contributed by atoms with Gasteiger partial charge in [0.05, 0.1) is 17.3 Å². The monoisotopic (exact) mass is 416 g/mol. The van der Waals surface area contributed by atoms with E-state index < -0.39 is 11.9 Å². The summed E-state index contributed by atoms with van der Waals surface area (Å²) in [6.45, 7) is 6.68. The molecule has 0 spiro atoms. The number of carbonyl (C=O) groups excluding carboxylic acids is 2. The summed E-state index contributed by atoms with van der Waals surface area (Å²) >= 11 is 2.75. The predicted molar refractivity (Wildman–Crippen MR) is 101 cm³/mol. The topological polar surface area (TPSA) is 88.5 Å². The quantitative estimate of drug-likeness (QED) is 0.170. The number of esters is 2. The molecule has 0 bridgehead atoms. The molecular weight excluding hydrogens is 400 g/mol. The molecule has 0 radical (unpaired) electrons. The summed E-state index contributed by atoms with van der Waals surface area (Å²) in [5.74, 6) is -1.61. The van der Waals surface area contributed by atoms with Gasteiger partial charge in [-0.1, -0.05) is 22.7 Å². The van der Waals surface area contributed by atoms with Gasteiger partial charge >= 0.3 is 11.9 Å². The van der Waals surface area contributed by atoms with Crippen molar-refractivity contribution in [3.05, 3.63) is 55.9 Å². The van der Waals surface area contributed by atoms with Crippen LogP contribution in [0, 0.1) is 17.9 Å². The number of aromatic nitrogens is 2. The molecule has 2 aromatic heterocycles. The maximum absolute atomic E-state index is 12.0. The number of hydrogen-bond acceptors (Lipinski definition) is 7. The van der Waals surface area contributed by atoms with Gasteiger partial charge in [-0.3, -0.25) is 4.79 Å². The number of aryl methyl sites for hydroxylation is 2. The van der Waals surface area contributed by atoms with Crippen molar-refractivity contribution >= 4 is 46.8 Å². The van der Waals surface area contributed by atoms with Gasteiger partial charge in [-0.25, -0.2) is 9.64 Å². The van der Waals surface area contributed by atoms with Crippen LogP contribution in [0.5, 0.6) is 0 Å². The Morgan fingerprint density at radius 1 is 1.11 bits per heavy atom. The minimum absolute atomic E-state index is 0.156. The smallest absolute Gasteiger partial charge is 0.349 e. The summed E-state index contributed by atoms with van der Waals surface area (Å²) < 4.78 is 13.5. The van der Waals surface area contributed by atoms with Gasteiger partial charge in [0.15, 0.2) is 12.4 Å². The Kier molecular flexibility index (Phi) is 7.57. The lowest BCUT2D eigenvalue weighted by Crippen LogP contribution is -2.27. The van der Waals surface area contributed by atoms with Crippen LogP contribution < -0.4 is 9.13 Å². The molecule has 8 nitrogen and oxygen atoms in total. The van der Waals surface area contributed by atoms with Gasteiger partial charge < -0.3 is 9.47 Å². The number of nitrogens with zero attached hydrogens (tertiary/aromatic N) is 4. The first-order valence-corrected chi connectivity index (χ1v) is 9.63. The summed E-state index contributed by atoms with van der Waals surface area (Å²) in [5.41, 5.74) is -0.330. The maximum atomic E-state index is 12.0. The van der Waals surface area contributed by atoms with Crippen molar-refractivity contribution in [2.75, 3.05) is 13.2 Å². The summed E-state index contributed by atoms with van der Waals surface area (Å²) in [6.07, 6.45) is 6.47. The molecule has 10 heteroatoms. The zero-order valence-corrected chi connectivity index (χ0v) is 16.7. The van der Waals surface area contributed by atoms with Gasteiger partial charge in [-0.05, 0) is 0 Å². The van der Waals surface area contributed by atoms with E-state index in [2.05, 4.69) is 4.85 Å². The fraction of sp³-hybridized carbons (Fsp3) is 0.222. The molecule has 142 valence electrons. The molecule has 0 amide bonds. The summed E-state index contributed by atoms with van der Waals surface area (Å²) in [6, 6.07) is 1.80. The van der Waals surface area contributed by atoms with Crippen LogP contribution in [0.25, 0.3) is 17.0 Å². The lowest BCUT2D eigenvalue weighted by molar-refractivity contribution is -0.668. The van der Waals surface area contributed by atoms with Crippen molar-refractivity contribution < 1.29 is 28.2 Å². The third kappa shape index (κ3) is 5.58. The van der Waals surface area contributed by atoms with Gasteiger partial charge in [0.1, 0.15) is 39.0 Å². The Bertz CT molecular complexity index is 939. The van der Waals surface area contributed by atoms with E-state index in [4.69, 9.17) is 21.3 Å². The zero-order chi connectivity index (χ0) is 20.5. The van der Waals surface area contributed by atoms with E-state index in [1.54, 1.807) is 41.7 Å². The van der Waals surface area contributed by atoms with Crippen molar-refractivity contribution in [1.29, 1.82) is 5.26 Å². The fourth-order valence-corrected chi connectivity index (χ4v) is 3.49. The number of nitriles is 1. The number of thiazole rings is 2. The lowest BCUT2D eigenvalue weighted by Gasteiger charge is -2.05. The number of carbonyl (C=O) groups is 2. The highest BCUT2D eigenvalue weighted by atomic mass is 32.1. The van der Waals surface area contributed by atoms with Crippen LogP contribution in [0.3, 0.4) is 0 Å². The van der Waals surface area contributed by atoms with Gasteiger partial charge in [-0.2, -0.15) is 14.4 Å². The van der Waals surface area contributed by atoms with Crippen molar-refractivity contribution in [2.24, 2.45) is 14.1 Å². The van der Waals surface area contributed by atoms with E-state index in [1.165, 1.54) is 34.8 Å². The molecule has 0 atom stereocenters.